The predicted octanol–water partition coefficient (Wildman–Crippen LogP) is 1.95. The summed E-state index contributed by atoms with van der Waals surface area (Å²) in [6.45, 7) is 2.23. The minimum Gasteiger partial charge on any atom is -0.493 e. The summed E-state index contributed by atoms with van der Waals surface area (Å²) in [6.07, 6.45) is 0.717. The first-order chi connectivity index (χ1) is 13.7. The molecule has 0 aromatic heterocycles. The number of nitrogens with two attached hydrogens (primary N) is 1. The molecule has 0 bridgehead atoms. The summed E-state index contributed by atoms with van der Waals surface area (Å²) in [7, 11) is 1.56. The van der Waals surface area contributed by atoms with Gasteiger partial charge in [0.1, 0.15) is 12.4 Å². The lowest BCUT2D eigenvalue weighted by molar-refractivity contribution is 0.0732. The SMILES string of the molecule is COc1ccc(C(=O)N2CCOc3ccc(CO)cc3C2)cc1OCCCN. The lowest BCUT2D eigenvalue weighted by Crippen LogP contribution is -2.32. The van der Waals surface area contributed by atoms with Gasteiger partial charge in [-0.2, -0.15) is 0 Å². The van der Waals surface area contributed by atoms with E-state index in [2.05, 4.69) is 0 Å². The Labute approximate surface area is 164 Å². The largest absolute Gasteiger partial charge is 0.493 e. The minimum absolute atomic E-state index is 0.0524. The third-order valence-electron chi connectivity index (χ3n) is 4.59. The molecule has 0 radical (unpaired) electrons. The molecule has 150 valence electrons. The van der Waals surface area contributed by atoms with Crippen LogP contribution in [0.25, 0.3) is 0 Å². The summed E-state index contributed by atoms with van der Waals surface area (Å²) in [5.74, 6) is 1.73. The van der Waals surface area contributed by atoms with E-state index in [0.29, 0.717) is 49.9 Å². The standard InChI is InChI=1S/C21H26N2O5/c1-26-19-6-4-16(12-20(19)27-9-2-7-22)21(25)23-8-10-28-18-5-3-15(14-24)11-17(18)13-23/h3-6,11-12,24H,2,7-10,13-14,22H2,1H3. The van der Waals surface area contributed by atoms with E-state index >= 15 is 0 Å². The Morgan fingerprint density at radius 1 is 1.25 bits per heavy atom. The molecule has 0 atom stereocenters. The van der Waals surface area contributed by atoms with Gasteiger partial charge in [0.05, 0.1) is 26.9 Å². The van der Waals surface area contributed by atoms with E-state index in [9.17, 15) is 9.90 Å². The molecule has 0 saturated heterocycles. The van der Waals surface area contributed by atoms with Gasteiger partial charge in [0.15, 0.2) is 11.5 Å². The van der Waals surface area contributed by atoms with Crippen molar-refractivity contribution in [1.82, 2.24) is 4.90 Å². The molecule has 1 heterocycles. The Morgan fingerprint density at radius 3 is 2.86 bits per heavy atom. The smallest absolute Gasteiger partial charge is 0.254 e. The maximum Gasteiger partial charge on any atom is 0.254 e. The van der Waals surface area contributed by atoms with Gasteiger partial charge in [-0.05, 0) is 48.9 Å². The number of ether oxygens (including phenoxy) is 3. The third kappa shape index (κ3) is 4.55. The van der Waals surface area contributed by atoms with Crippen LogP contribution in [0.5, 0.6) is 17.2 Å². The number of carbonyl (C=O) groups excluding carboxylic acids is 1. The second-order valence-electron chi connectivity index (χ2n) is 6.53. The van der Waals surface area contributed by atoms with Gasteiger partial charge in [-0.25, -0.2) is 0 Å². The molecule has 7 nitrogen and oxygen atoms in total. The normalized spacial score (nSPS) is 13.3. The first-order valence-electron chi connectivity index (χ1n) is 9.32. The number of hydrogen-bond donors (Lipinski definition) is 2. The number of benzene rings is 2. The maximum atomic E-state index is 13.1. The van der Waals surface area contributed by atoms with Crippen LogP contribution in [0.4, 0.5) is 0 Å². The monoisotopic (exact) mass is 386 g/mol. The first-order valence-corrected chi connectivity index (χ1v) is 9.32. The number of hydrogen-bond acceptors (Lipinski definition) is 6. The molecule has 2 aromatic rings. The number of rotatable bonds is 7. The second kappa shape index (κ2) is 9.43. The Bertz CT molecular complexity index is 824. The van der Waals surface area contributed by atoms with Crippen molar-refractivity contribution in [3.05, 3.63) is 53.1 Å². The van der Waals surface area contributed by atoms with E-state index in [4.69, 9.17) is 19.9 Å². The van der Waals surface area contributed by atoms with Crippen molar-refractivity contribution in [2.45, 2.75) is 19.6 Å². The van der Waals surface area contributed by atoms with Crippen molar-refractivity contribution >= 4 is 5.91 Å². The van der Waals surface area contributed by atoms with E-state index in [1.54, 1.807) is 30.2 Å². The van der Waals surface area contributed by atoms with Crippen LogP contribution in [0.3, 0.4) is 0 Å². The van der Waals surface area contributed by atoms with Crippen molar-refractivity contribution in [3.63, 3.8) is 0 Å². The summed E-state index contributed by atoms with van der Waals surface area (Å²) in [6, 6.07) is 10.7. The van der Waals surface area contributed by atoms with E-state index in [0.717, 1.165) is 23.3 Å². The Hall–Kier alpha value is -2.77. The number of methoxy groups -OCH3 is 1. The average molecular weight is 386 g/mol. The van der Waals surface area contributed by atoms with Crippen LogP contribution < -0.4 is 19.9 Å². The number of amides is 1. The molecule has 3 N–H and O–H groups in total. The highest BCUT2D eigenvalue weighted by Gasteiger charge is 2.22. The van der Waals surface area contributed by atoms with Gasteiger partial charge in [-0.15, -0.1) is 0 Å². The number of carbonyl (C=O) groups is 1. The van der Waals surface area contributed by atoms with Crippen LogP contribution in [0, 0.1) is 0 Å². The van der Waals surface area contributed by atoms with Crippen LogP contribution in [-0.4, -0.2) is 49.3 Å². The fourth-order valence-electron chi connectivity index (χ4n) is 3.09. The second-order valence-corrected chi connectivity index (χ2v) is 6.53. The van der Waals surface area contributed by atoms with Gasteiger partial charge in [0.2, 0.25) is 0 Å². The van der Waals surface area contributed by atoms with Crippen molar-refractivity contribution in [2.75, 3.05) is 33.4 Å². The molecule has 3 rings (SSSR count). The van der Waals surface area contributed by atoms with Crippen LogP contribution >= 0.6 is 0 Å². The van der Waals surface area contributed by atoms with Gasteiger partial charge in [0.25, 0.3) is 5.91 Å². The quantitative estimate of drug-likeness (QED) is 0.707. The molecule has 2 aromatic carbocycles. The minimum atomic E-state index is -0.114. The molecular formula is C21H26N2O5. The van der Waals surface area contributed by atoms with E-state index < -0.39 is 0 Å². The Morgan fingerprint density at radius 2 is 2.11 bits per heavy atom. The maximum absolute atomic E-state index is 13.1. The van der Waals surface area contributed by atoms with Crippen LogP contribution in [-0.2, 0) is 13.2 Å². The zero-order chi connectivity index (χ0) is 19.9. The molecule has 1 amide bonds. The number of nitrogens with zero attached hydrogens (tertiary/aromatic N) is 1. The lowest BCUT2D eigenvalue weighted by Gasteiger charge is -2.21. The van der Waals surface area contributed by atoms with E-state index in [1.807, 2.05) is 18.2 Å². The summed E-state index contributed by atoms with van der Waals surface area (Å²) >= 11 is 0. The number of fused-ring (bicyclic) bond motifs is 1. The summed E-state index contributed by atoms with van der Waals surface area (Å²) < 4.78 is 16.8. The van der Waals surface area contributed by atoms with Crippen LogP contribution in [0.2, 0.25) is 0 Å². The molecule has 7 heteroatoms. The topological polar surface area (TPSA) is 94.2 Å². The summed E-state index contributed by atoms with van der Waals surface area (Å²) in [5, 5.41) is 9.38. The molecule has 0 saturated carbocycles. The lowest BCUT2D eigenvalue weighted by atomic mass is 10.1. The van der Waals surface area contributed by atoms with Crippen LogP contribution in [0.1, 0.15) is 27.9 Å². The summed E-state index contributed by atoms with van der Waals surface area (Å²) in [5.41, 5.74) is 7.70. The highest BCUT2D eigenvalue weighted by molar-refractivity contribution is 5.95. The molecule has 1 aliphatic heterocycles. The summed E-state index contributed by atoms with van der Waals surface area (Å²) in [4.78, 5) is 14.8. The van der Waals surface area contributed by atoms with Gasteiger partial charge in [0, 0.05) is 17.7 Å². The highest BCUT2D eigenvalue weighted by atomic mass is 16.5. The van der Waals surface area contributed by atoms with Crippen molar-refractivity contribution in [2.24, 2.45) is 5.73 Å². The predicted molar refractivity (Wildman–Crippen MR) is 105 cm³/mol. The molecular weight excluding hydrogens is 360 g/mol. The zero-order valence-corrected chi connectivity index (χ0v) is 16.0. The molecule has 0 spiro atoms. The highest BCUT2D eigenvalue weighted by Crippen LogP contribution is 2.30. The van der Waals surface area contributed by atoms with E-state index in [-0.39, 0.29) is 12.5 Å². The van der Waals surface area contributed by atoms with Crippen molar-refractivity contribution < 1.29 is 24.1 Å². The van der Waals surface area contributed by atoms with Gasteiger partial charge in [-0.3, -0.25) is 4.79 Å². The molecule has 0 unspecified atom stereocenters. The Kier molecular flexibility index (Phi) is 6.73. The van der Waals surface area contributed by atoms with Crippen LogP contribution in [0.15, 0.2) is 36.4 Å². The third-order valence-corrected chi connectivity index (χ3v) is 4.59. The first kappa shape index (κ1) is 20.0. The molecule has 0 fully saturated rings. The fraction of sp³-hybridized carbons (Fsp3) is 0.381. The molecule has 28 heavy (non-hydrogen) atoms. The molecule has 1 aliphatic rings. The van der Waals surface area contributed by atoms with Crippen molar-refractivity contribution in [3.8, 4) is 17.2 Å². The number of aliphatic hydroxyl groups is 1. The van der Waals surface area contributed by atoms with Crippen molar-refractivity contribution in [1.29, 1.82) is 0 Å². The average Bonchev–Trinajstić information content (AvgIpc) is 2.95. The van der Waals surface area contributed by atoms with Gasteiger partial charge >= 0.3 is 0 Å². The fourth-order valence-corrected chi connectivity index (χ4v) is 3.09. The molecule has 0 aliphatic carbocycles. The van der Waals surface area contributed by atoms with Gasteiger partial charge < -0.3 is 30.0 Å². The Balaban J connectivity index is 1.81. The zero-order valence-electron chi connectivity index (χ0n) is 16.0. The van der Waals surface area contributed by atoms with Gasteiger partial charge in [-0.1, -0.05) is 6.07 Å². The van der Waals surface area contributed by atoms with E-state index in [1.165, 1.54) is 0 Å². The number of aliphatic hydroxyl groups excluding tert-OH is 1.